The Morgan fingerprint density at radius 3 is 2.50 bits per heavy atom. The van der Waals surface area contributed by atoms with Crippen LogP contribution in [0, 0.1) is 0 Å². The van der Waals surface area contributed by atoms with E-state index in [2.05, 4.69) is 25.9 Å². The molecule has 2 amide bonds. The quantitative estimate of drug-likeness (QED) is 0.687. The largest absolute Gasteiger partial charge is 0.444 e. The molecule has 0 aliphatic heterocycles. The van der Waals surface area contributed by atoms with Gasteiger partial charge in [0.15, 0.2) is 0 Å². The molecule has 0 aliphatic rings. The number of benzene rings is 1. The monoisotopic (exact) mass is 357 g/mol. The van der Waals surface area contributed by atoms with Gasteiger partial charge in [-0.2, -0.15) is 0 Å². The third kappa shape index (κ3) is 6.76. The van der Waals surface area contributed by atoms with E-state index in [1.54, 1.807) is 63.5 Å². The summed E-state index contributed by atoms with van der Waals surface area (Å²) in [4.78, 5) is 32.1. The number of hydrogen-bond acceptors (Lipinski definition) is 6. The van der Waals surface area contributed by atoms with E-state index in [4.69, 9.17) is 4.74 Å². The Balaban J connectivity index is 1.82. The summed E-state index contributed by atoms with van der Waals surface area (Å²) in [5, 5.41) is 8.40. The molecule has 0 bridgehead atoms. The van der Waals surface area contributed by atoms with Crippen molar-refractivity contribution in [1.82, 2.24) is 15.3 Å². The predicted octanol–water partition coefficient (Wildman–Crippen LogP) is 2.67. The van der Waals surface area contributed by atoms with Gasteiger partial charge in [0.25, 0.3) is 5.91 Å². The van der Waals surface area contributed by atoms with Crippen molar-refractivity contribution in [3.63, 3.8) is 0 Å². The number of rotatable bonds is 6. The Morgan fingerprint density at radius 1 is 1.08 bits per heavy atom. The molecule has 2 aromatic rings. The van der Waals surface area contributed by atoms with Gasteiger partial charge in [-0.3, -0.25) is 10.1 Å². The van der Waals surface area contributed by atoms with Crippen LogP contribution in [-0.4, -0.2) is 40.7 Å². The molecule has 0 atom stereocenters. The average Bonchev–Trinajstić information content (AvgIpc) is 2.58. The van der Waals surface area contributed by atoms with E-state index >= 15 is 0 Å². The maximum absolute atomic E-state index is 12.2. The highest BCUT2D eigenvalue weighted by Gasteiger charge is 2.16. The first-order chi connectivity index (χ1) is 12.3. The molecule has 1 aromatic heterocycles. The lowest BCUT2D eigenvalue weighted by molar-refractivity contribution is 0.0635. The van der Waals surface area contributed by atoms with Crippen molar-refractivity contribution in [2.45, 2.75) is 26.4 Å². The number of carbonyl (C=O) groups excluding carboxylic acids is 2. The lowest BCUT2D eigenvalue weighted by Crippen LogP contribution is -2.29. The second-order valence-corrected chi connectivity index (χ2v) is 6.46. The summed E-state index contributed by atoms with van der Waals surface area (Å²) in [6, 6.07) is 8.37. The van der Waals surface area contributed by atoms with E-state index in [-0.39, 0.29) is 5.91 Å². The van der Waals surface area contributed by atoms with Gasteiger partial charge in [-0.1, -0.05) is 6.07 Å². The second-order valence-electron chi connectivity index (χ2n) is 6.46. The zero-order chi connectivity index (χ0) is 19.0. The first-order valence-electron chi connectivity index (χ1n) is 8.23. The molecule has 8 nitrogen and oxygen atoms in total. The van der Waals surface area contributed by atoms with Crippen LogP contribution in [0.5, 0.6) is 0 Å². The minimum atomic E-state index is -0.589. The maximum atomic E-state index is 12.2. The van der Waals surface area contributed by atoms with Gasteiger partial charge in [0.2, 0.25) is 5.95 Å². The molecule has 0 aliphatic carbocycles. The van der Waals surface area contributed by atoms with Gasteiger partial charge in [0.05, 0.1) is 0 Å². The average molecular weight is 357 g/mol. The summed E-state index contributed by atoms with van der Waals surface area (Å²) in [6.45, 7) is 6.24. The van der Waals surface area contributed by atoms with E-state index in [9.17, 15) is 9.59 Å². The fraction of sp³-hybridized carbons (Fsp3) is 0.333. The maximum Gasteiger partial charge on any atom is 0.412 e. The Bertz CT molecular complexity index is 744. The topological polar surface area (TPSA) is 105 Å². The zero-order valence-electron chi connectivity index (χ0n) is 15.1. The van der Waals surface area contributed by atoms with Gasteiger partial charge in [0.1, 0.15) is 5.60 Å². The van der Waals surface area contributed by atoms with Crippen LogP contribution in [0.3, 0.4) is 0 Å². The first kappa shape index (κ1) is 19.2. The van der Waals surface area contributed by atoms with Crippen molar-refractivity contribution in [2.24, 2.45) is 0 Å². The van der Waals surface area contributed by atoms with Gasteiger partial charge < -0.3 is 15.4 Å². The first-order valence-corrected chi connectivity index (χ1v) is 8.23. The van der Waals surface area contributed by atoms with Crippen molar-refractivity contribution >= 4 is 23.6 Å². The Kier molecular flexibility index (Phi) is 6.48. The summed E-state index contributed by atoms with van der Waals surface area (Å²) in [5.74, 6) is 0.263. The molecule has 0 unspecified atom stereocenters. The number of anilines is 2. The number of carbonyl (C=O) groups is 2. The Hall–Kier alpha value is -3.16. The molecule has 8 heteroatoms. The van der Waals surface area contributed by atoms with E-state index in [1.165, 1.54) is 0 Å². The summed E-state index contributed by atoms with van der Waals surface area (Å²) in [7, 11) is 0. The number of aromatic nitrogens is 2. The van der Waals surface area contributed by atoms with Crippen LogP contribution in [0.1, 0.15) is 31.1 Å². The molecule has 0 fully saturated rings. The van der Waals surface area contributed by atoms with Gasteiger partial charge in [-0.15, -0.1) is 0 Å². The molecule has 2 rings (SSSR count). The van der Waals surface area contributed by atoms with Crippen LogP contribution in [0.4, 0.5) is 16.4 Å². The van der Waals surface area contributed by atoms with E-state index in [1.807, 2.05) is 0 Å². The van der Waals surface area contributed by atoms with Crippen LogP contribution in [0.2, 0.25) is 0 Å². The van der Waals surface area contributed by atoms with Crippen molar-refractivity contribution in [1.29, 1.82) is 0 Å². The molecule has 3 N–H and O–H groups in total. The number of amides is 2. The number of hydrogen-bond donors (Lipinski definition) is 3. The predicted molar refractivity (Wildman–Crippen MR) is 99.2 cm³/mol. The number of nitrogens with one attached hydrogen (secondary N) is 3. The molecule has 0 radical (unpaired) electrons. The molecule has 1 aromatic carbocycles. The summed E-state index contributed by atoms with van der Waals surface area (Å²) >= 11 is 0. The minimum Gasteiger partial charge on any atom is -0.444 e. The molecular weight excluding hydrogens is 334 g/mol. The highest BCUT2D eigenvalue weighted by atomic mass is 16.6. The fourth-order valence-corrected chi connectivity index (χ4v) is 2.00. The molecule has 26 heavy (non-hydrogen) atoms. The summed E-state index contributed by atoms with van der Waals surface area (Å²) in [5.41, 5.74) is 0.339. The lowest BCUT2D eigenvalue weighted by atomic mass is 10.2. The SMILES string of the molecule is CC(C)(C)OC(=O)Nc1cccc(C(=O)NCCNc2ncccn2)c1. The van der Waals surface area contributed by atoms with E-state index in [0.29, 0.717) is 30.3 Å². The van der Waals surface area contributed by atoms with Crippen LogP contribution in [0.25, 0.3) is 0 Å². The zero-order valence-corrected chi connectivity index (χ0v) is 15.1. The third-order valence-corrected chi connectivity index (χ3v) is 3.03. The van der Waals surface area contributed by atoms with Crippen LogP contribution in [-0.2, 0) is 4.74 Å². The van der Waals surface area contributed by atoms with Crippen LogP contribution >= 0.6 is 0 Å². The molecule has 0 saturated heterocycles. The minimum absolute atomic E-state index is 0.242. The Morgan fingerprint density at radius 2 is 1.81 bits per heavy atom. The van der Waals surface area contributed by atoms with Gasteiger partial charge in [-0.25, -0.2) is 14.8 Å². The normalized spacial score (nSPS) is 10.7. The van der Waals surface area contributed by atoms with Crippen molar-refractivity contribution < 1.29 is 14.3 Å². The molecule has 138 valence electrons. The summed E-state index contributed by atoms with van der Waals surface area (Å²) < 4.78 is 5.19. The lowest BCUT2D eigenvalue weighted by Gasteiger charge is -2.19. The highest BCUT2D eigenvalue weighted by molar-refractivity contribution is 5.96. The third-order valence-electron chi connectivity index (χ3n) is 3.03. The summed E-state index contributed by atoms with van der Waals surface area (Å²) in [6.07, 6.45) is 2.70. The molecular formula is C18H23N5O3. The second kappa shape index (κ2) is 8.80. The Labute approximate surface area is 152 Å². The van der Waals surface area contributed by atoms with Crippen molar-refractivity contribution in [2.75, 3.05) is 23.7 Å². The van der Waals surface area contributed by atoms with Gasteiger partial charge in [0, 0.05) is 36.7 Å². The number of ether oxygens (including phenoxy) is 1. The molecule has 0 saturated carbocycles. The van der Waals surface area contributed by atoms with Crippen LogP contribution < -0.4 is 16.0 Å². The van der Waals surface area contributed by atoms with Crippen molar-refractivity contribution in [3.05, 3.63) is 48.3 Å². The van der Waals surface area contributed by atoms with Crippen molar-refractivity contribution in [3.8, 4) is 0 Å². The highest BCUT2D eigenvalue weighted by Crippen LogP contribution is 2.13. The van der Waals surface area contributed by atoms with E-state index in [0.717, 1.165) is 0 Å². The van der Waals surface area contributed by atoms with Gasteiger partial charge >= 0.3 is 6.09 Å². The van der Waals surface area contributed by atoms with Gasteiger partial charge in [-0.05, 0) is 45.0 Å². The molecule has 0 spiro atoms. The standard InChI is InChI=1S/C18H23N5O3/c1-18(2,3)26-17(25)23-14-7-4-6-13(12-14)15(24)19-10-11-22-16-20-8-5-9-21-16/h4-9,12H,10-11H2,1-3H3,(H,19,24)(H,23,25)(H,20,21,22). The number of nitrogens with zero attached hydrogens (tertiary/aromatic N) is 2. The van der Waals surface area contributed by atoms with Crippen LogP contribution in [0.15, 0.2) is 42.7 Å². The fourth-order valence-electron chi connectivity index (χ4n) is 2.00. The van der Waals surface area contributed by atoms with E-state index < -0.39 is 11.7 Å². The smallest absolute Gasteiger partial charge is 0.412 e. The molecule has 1 heterocycles.